The van der Waals surface area contributed by atoms with Crippen molar-refractivity contribution in [2.75, 3.05) is 11.9 Å². The van der Waals surface area contributed by atoms with E-state index in [1.165, 1.54) is 0 Å². The zero-order valence-electron chi connectivity index (χ0n) is 14.9. The van der Waals surface area contributed by atoms with Crippen molar-refractivity contribution in [1.82, 2.24) is 24.8 Å². The van der Waals surface area contributed by atoms with Gasteiger partial charge in [0, 0.05) is 19.2 Å². The van der Waals surface area contributed by atoms with Gasteiger partial charge in [0.25, 0.3) is 11.9 Å². The molecule has 10 nitrogen and oxygen atoms in total. The minimum atomic E-state index is -1.51. The largest absolute Gasteiger partial charge is 0.388 e. The van der Waals surface area contributed by atoms with E-state index in [-0.39, 0.29) is 18.1 Å². The number of hydrogen-bond acceptors (Lipinski definition) is 8. The van der Waals surface area contributed by atoms with Crippen molar-refractivity contribution in [3.05, 3.63) is 35.9 Å². The molecule has 4 rings (SSSR count). The number of carbonyl (C=O) groups is 1. The minimum Gasteiger partial charge on any atom is -0.388 e. The molecule has 0 saturated heterocycles. The molecule has 0 bridgehead atoms. The van der Waals surface area contributed by atoms with Crippen LogP contribution in [0.1, 0.15) is 23.2 Å². The number of benzene rings is 1. The number of anilines is 1. The Morgan fingerprint density at radius 3 is 2.89 bits per heavy atom. The standard InChI is InChI=1S/C17H19N7O3/c1-3-27-17(18)22-15-14(16(26)23-17)21-11(7-19-15)9-4-5-10-12(6-9)24(2)13(8-25)20-10/h4-7,25H,3,8,18H2,1-2H3,(H,19,22)(H,23,26). The third-order valence-corrected chi connectivity index (χ3v) is 4.37. The molecule has 1 aliphatic heterocycles. The number of imidazole rings is 1. The normalized spacial score (nSPS) is 18.9. The number of hydrogen-bond donors (Lipinski definition) is 4. The van der Waals surface area contributed by atoms with Gasteiger partial charge in [0.1, 0.15) is 12.4 Å². The lowest BCUT2D eigenvalue weighted by atomic mass is 10.1. The van der Waals surface area contributed by atoms with Gasteiger partial charge in [-0.3, -0.25) is 15.8 Å². The van der Waals surface area contributed by atoms with E-state index in [4.69, 9.17) is 10.5 Å². The Kier molecular flexibility index (Phi) is 4.02. The van der Waals surface area contributed by atoms with E-state index in [1.807, 2.05) is 29.8 Å². The molecule has 0 fully saturated rings. The molecule has 0 spiro atoms. The Morgan fingerprint density at radius 1 is 1.33 bits per heavy atom. The zero-order chi connectivity index (χ0) is 19.2. The first kappa shape index (κ1) is 17.3. The van der Waals surface area contributed by atoms with Gasteiger partial charge in [-0.2, -0.15) is 0 Å². The van der Waals surface area contributed by atoms with Crippen LogP contribution in [0.5, 0.6) is 0 Å². The van der Waals surface area contributed by atoms with Crippen molar-refractivity contribution in [3.63, 3.8) is 0 Å². The second-order valence-corrected chi connectivity index (χ2v) is 6.15. The molecular formula is C17H19N7O3. The number of ether oxygens (including phenoxy) is 1. The van der Waals surface area contributed by atoms with Crippen LogP contribution in [0.2, 0.25) is 0 Å². The number of aliphatic hydroxyl groups is 1. The maximum absolute atomic E-state index is 12.4. The summed E-state index contributed by atoms with van der Waals surface area (Å²) in [5.74, 6) is -1.16. The Bertz CT molecular complexity index is 1050. The van der Waals surface area contributed by atoms with Gasteiger partial charge in [-0.1, -0.05) is 6.07 Å². The van der Waals surface area contributed by atoms with Gasteiger partial charge < -0.3 is 19.7 Å². The van der Waals surface area contributed by atoms with E-state index in [9.17, 15) is 9.90 Å². The maximum Gasteiger partial charge on any atom is 0.281 e. The third-order valence-electron chi connectivity index (χ3n) is 4.37. The highest BCUT2D eigenvalue weighted by Gasteiger charge is 2.36. The van der Waals surface area contributed by atoms with Crippen LogP contribution in [0.15, 0.2) is 24.4 Å². The Labute approximate surface area is 154 Å². The highest BCUT2D eigenvalue weighted by Crippen LogP contribution is 2.26. The lowest BCUT2D eigenvalue weighted by Gasteiger charge is -2.34. The molecule has 1 atom stereocenters. The number of aliphatic hydroxyl groups excluding tert-OH is 1. The van der Waals surface area contributed by atoms with Crippen molar-refractivity contribution < 1.29 is 14.6 Å². The van der Waals surface area contributed by atoms with Gasteiger partial charge in [0.2, 0.25) is 0 Å². The molecule has 0 saturated carbocycles. The Hall–Kier alpha value is -3.08. The predicted molar refractivity (Wildman–Crippen MR) is 97.3 cm³/mol. The SMILES string of the molecule is CCOC1(N)NC(=O)c2nc(-c3ccc4nc(CO)n(C)c4c3)cnc2N1. The number of nitrogens with one attached hydrogen (secondary N) is 2. The summed E-state index contributed by atoms with van der Waals surface area (Å²) in [5, 5.41) is 14.8. The van der Waals surface area contributed by atoms with E-state index in [1.54, 1.807) is 13.1 Å². The van der Waals surface area contributed by atoms with E-state index >= 15 is 0 Å². The average Bonchev–Trinajstić information content (AvgIpc) is 2.97. The monoisotopic (exact) mass is 369 g/mol. The summed E-state index contributed by atoms with van der Waals surface area (Å²) in [6.45, 7) is 1.93. The molecule has 3 aromatic rings. The second-order valence-electron chi connectivity index (χ2n) is 6.15. The molecule has 27 heavy (non-hydrogen) atoms. The smallest absolute Gasteiger partial charge is 0.281 e. The summed E-state index contributed by atoms with van der Waals surface area (Å²) in [6.07, 6.45) is 1.56. The number of rotatable bonds is 4. The second kappa shape index (κ2) is 6.27. The molecule has 10 heteroatoms. The highest BCUT2D eigenvalue weighted by molar-refractivity contribution is 5.99. The molecule has 1 amide bonds. The molecule has 1 aliphatic rings. The number of aryl methyl sites for hydroxylation is 1. The molecule has 5 N–H and O–H groups in total. The summed E-state index contributed by atoms with van der Waals surface area (Å²) >= 11 is 0. The Morgan fingerprint density at radius 2 is 2.15 bits per heavy atom. The van der Waals surface area contributed by atoms with Crippen LogP contribution >= 0.6 is 0 Å². The molecule has 0 radical (unpaired) electrons. The first-order valence-corrected chi connectivity index (χ1v) is 8.41. The predicted octanol–water partition coefficient (Wildman–Crippen LogP) is 0.284. The van der Waals surface area contributed by atoms with E-state index in [2.05, 4.69) is 25.6 Å². The van der Waals surface area contributed by atoms with Crippen LogP contribution in [-0.4, -0.2) is 43.1 Å². The lowest BCUT2D eigenvalue weighted by molar-refractivity contribution is -0.0354. The number of carbonyl (C=O) groups excluding carboxylic acids is 1. The van der Waals surface area contributed by atoms with Crippen LogP contribution in [0.25, 0.3) is 22.3 Å². The van der Waals surface area contributed by atoms with Gasteiger partial charge in [-0.15, -0.1) is 0 Å². The summed E-state index contributed by atoms with van der Waals surface area (Å²) in [4.78, 5) is 25.5. The fraction of sp³-hybridized carbons (Fsp3) is 0.294. The van der Waals surface area contributed by atoms with Gasteiger partial charge in [-0.05, 0) is 19.1 Å². The van der Waals surface area contributed by atoms with E-state index < -0.39 is 11.9 Å². The van der Waals surface area contributed by atoms with Gasteiger partial charge >= 0.3 is 0 Å². The van der Waals surface area contributed by atoms with Crippen molar-refractivity contribution >= 4 is 22.8 Å². The number of nitrogens with two attached hydrogens (primary N) is 1. The molecule has 0 aliphatic carbocycles. The molecule has 1 unspecified atom stereocenters. The topological polar surface area (TPSA) is 140 Å². The molecule has 1 aromatic carbocycles. The first-order chi connectivity index (χ1) is 12.9. The molecular weight excluding hydrogens is 350 g/mol. The fourth-order valence-electron chi connectivity index (χ4n) is 3.05. The summed E-state index contributed by atoms with van der Waals surface area (Å²) in [7, 11) is 1.83. The number of amides is 1. The lowest BCUT2D eigenvalue weighted by Crippen LogP contribution is -2.66. The van der Waals surface area contributed by atoms with E-state index in [0.717, 1.165) is 16.6 Å². The number of nitrogens with zero attached hydrogens (tertiary/aromatic N) is 4. The van der Waals surface area contributed by atoms with Gasteiger partial charge in [0.05, 0.1) is 22.9 Å². The van der Waals surface area contributed by atoms with Gasteiger partial charge in [0.15, 0.2) is 11.5 Å². The van der Waals surface area contributed by atoms with Crippen molar-refractivity contribution in [1.29, 1.82) is 0 Å². The van der Waals surface area contributed by atoms with Crippen LogP contribution in [0, 0.1) is 0 Å². The van der Waals surface area contributed by atoms with Gasteiger partial charge in [-0.25, -0.2) is 15.0 Å². The molecule has 140 valence electrons. The van der Waals surface area contributed by atoms with Crippen molar-refractivity contribution in [2.24, 2.45) is 12.8 Å². The summed E-state index contributed by atoms with van der Waals surface area (Å²) in [5.41, 5.74) is 9.00. The fourth-order valence-corrected chi connectivity index (χ4v) is 3.05. The average molecular weight is 369 g/mol. The van der Waals surface area contributed by atoms with E-state index in [0.29, 0.717) is 18.1 Å². The summed E-state index contributed by atoms with van der Waals surface area (Å²) < 4.78 is 7.13. The highest BCUT2D eigenvalue weighted by atomic mass is 16.5. The Balaban J connectivity index is 1.74. The zero-order valence-corrected chi connectivity index (χ0v) is 14.9. The maximum atomic E-state index is 12.4. The molecule has 3 heterocycles. The van der Waals surface area contributed by atoms with Crippen LogP contribution in [0.4, 0.5) is 5.82 Å². The summed E-state index contributed by atoms with van der Waals surface area (Å²) in [6, 6.07) is 5.57. The van der Waals surface area contributed by atoms with Crippen molar-refractivity contribution in [3.8, 4) is 11.3 Å². The van der Waals surface area contributed by atoms with Crippen LogP contribution in [0.3, 0.4) is 0 Å². The number of aromatic nitrogens is 4. The quantitative estimate of drug-likeness (QED) is 0.481. The first-order valence-electron chi connectivity index (χ1n) is 8.41. The third kappa shape index (κ3) is 2.89. The van der Waals surface area contributed by atoms with Crippen LogP contribution < -0.4 is 16.4 Å². The number of fused-ring (bicyclic) bond motifs is 2. The van der Waals surface area contributed by atoms with Crippen LogP contribution in [-0.2, 0) is 18.4 Å². The minimum absolute atomic E-state index is 0.134. The molecule has 2 aromatic heterocycles. The van der Waals surface area contributed by atoms with Crippen molar-refractivity contribution in [2.45, 2.75) is 19.5 Å².